The zero-order valence-corrected chi connectivity index (χ0v) is 20.2. The number of hydrogen-bond acceptors (Lipinski definition) is 3. The number of aryl methyl sites for hydroxylation is 2. The number of benzene rings is 1. The van der Waals surface area contributed by atoms with Gasteiger partial charge in [0.2, 0.25) is 0 Å². The molecule has 2 atom stereocenters. The smallest absolute Gasteiger partial charge is 0.174 e. The van der Waals surface area contributed by atoms with Gasteiger partial charge in [-0.25, -0.2) is 4.98 Å². The van der Waals surface area contributed by atoms with Crippen LogP contribution in [-0.4, -0.2) is 19.6 Å². The Morgan fingerprint density at radius 3 is 2.39 bits per heavy atom. The first-order valence-electron chi connectivity index (χ1n) is 10.8. The van der Waals surface area contributed by atoms with Crippen molar-refractivity contribution in [2.75, 3.05) is 4.90 Å². The highest BCUT2D eigenvalue weighted by Gasteiger charge is 2.42. The van der Waals surface area contributed by atoms with Crippen LogP contribution in [0.4, 0.5) is 5.69 Å². The van der Waals surface area contributed by atoms with Crippen LogP contribution in [0, 0.1) is 20.8 Å². The summed E-state index contributed by atoms with van der Waals surface area (Å²) in [5.41, 5.74) is 6.49. The lowest BCUT2D eigenvalue weighted by Gasteiger charge is -2.28. The lowest BCUT2D eigenvalue weighted by Crippen LogP contribution is -2.29. The SMILES string of the molecule is Cc1cccnc1-n1c(C)cc([C@@H]2[C@H](c3ccccn3)NC(=S)N2c2ccc(Cl)cc2)c1C. The van der Waals surface area contributed by atoms with Crippen LogP contribution in [0.3, 0.4) is 0 Å². The van der Waals surface area contributed by atoms with Crippen molar-refractivity contribution in [3.63, 3.8) is 0 Å². The van der Waals surface area contributed by atoms with E-state index in [-0.39, 0.29) is 12.1 Å². The van der Waals surface area contributed by atoms with E-state index in [1.165, 1.54) is 5.56 Å². The van der Waals surface area contributed by atoms with Crippen molar-refractivity contribution < 1.29 is 0 Å². The van der Waals surface area contributed by atoms with Crippen LogP contribution in [-0.2, 0) is 0 Å². The van der Waals surface area contributed by atoms with Gasteiger partial charge in [-0.1, -0.05) is 23.7 Å². The van der Waals surface area contributed by atoms with E-state index in [0.717, 1.165) is 34.2 Å². The summed E-state index contributed by atoms with van der Waals surface area (Å²) in [4.78, 5) is 11.5. The number of thiocarbonyl (C=S) groups is 1. The van der Waals surface area contributed by atoms with Crippen molar-refractivity contribution in [2.24, 2.45) is 0 Å². The number of nitrogens with zero attached hydrogens (tertiary/aromatic N) is 4. The topological polar surface area (TPSA) is 46.0 Å². The normalized spacial score (nSPS) is 17.9. The predicted octanol–water partition coefficient (Wildman–Crippen LogP) is 6.02. The monoisotopic (exact) mass is 473 g/mol. The Labute approximate surface area is 204 Å². The van der Waals surface area contributed by atoms with Crippen molar-refractivity contribution in [3.8, 4) is 5.82 Å². The van der Waals surface area contributed by atoms with Gasteiger partial charge in [-0.05, 0) is 92.6 Å². The first-order valence-corrected chi connectivity index (χ1v) is 11.6. The summed E-state index contributed by atoms with van der Waals surface area (Å²) in [7, 11) is 0. The molecule has 166 valence electrons. The average Bonchev–Trinajstić information content (AvgIpc) is 3.31. The minimum atomic E-state index is -0.104. The van der Waals surface area contributed by atoms with Crippen molar-refractivity contribution in [3.05, 3.63) is 106 Å². The molecule has 0 radical (unpaired) electrons. The van der Waals surface area contributed by atoms with Gasteiger partial charge in [-0.3, -0.25) is 4.98 Å². The molecule has 5 rings (SSSR count). The fraction of sp³-hybridized carbons (Fsp3) is 0.192. The molecule has 1 aliphatic heterocycles. The highest BCUT2D eigenvalue weighted by molar-refractivity contribution is 7.80. The summed E-state index contributed by atoms with van der Waals surface area (Å²) in [5, 5.41) is 4.88. The van der Waals surface area contributed by atoms with E-state index in [0.29, 0.717) is 10.1 Å². The Morgan fingerprint density at radius 2 is 1.70 bits per heavy atom. The maximum atomic E-state index is 6.18. The standard InChI is InChI=1S/C26H24ClN5S/c1-16-7-6-14-29-25(16)31-17(2)15-21(18(31)3)24-23(22-8-4-5-13-28-22)30-26(33)32(24)20-11-9-19(27)10-12-20/h4-15,23-24H,1-3H3,(H,30,33)/t23-,24+/m0/s1. The highest BCUT2D eigenvalue weighted by Crippen LogP contribution is 2.43. The molecule has 1 aliphatic rings. The van der Waals surface area contributed by atoms with E-state index in [1.807, 2.05) is 60.9 Å². The van der Waals surface area contributed by atoms with Gasteiger partial charge in [-0.15, -0.1) is 0 Å². The van der Waals surface area contributed by atoms with Crippen molar-refractivity contribution in [2.45, 2.75) is 32.9 Å². The molecule has 33 heavy (non-hydrogen) atoms. The minimum Gasteiger partial charge on any atom is -0.351 e. The first kappa shape index (κ1) is 21.6. The molecule has 5 nitrogen and oxygen atoms in total. The summed E-state index contributed by atoms with van der Waals surface area (Å²) < 4.78 is 2.22. The second kappa shape index (κ2) is 8.61. The van der Waals surface area contributed by atoms with E-state index in [2.05, 4.69) is 57.7 Å². The summed E-state index contributed by atoms with van der Waals surface area (Å²) in [6.07, 6.45) is 3.66. The molecule has 0 saturated carbocycles. The molecule has 1 fully saturated rings. The third-order valence-electron chi connectivity index (χ3n) is 6.19. The molecule has 0 amide bonds. The molecule has 4 heterocycles. The van der Waals surface area contributed by atoms with E-state index in [1.54, 1.807) is 0 Å². The Hall–Kier alpha value is -3.22. The van der Waals surface area contributed by atoms with Gasteiger partial charge in [0.25, 0.3) is 0 Å². The van der Waals surface area contributed by atoms with Crippen LogP contribution in [0.25, 0.3) is 5.82 Å². The molecule has 4 aromatic rings. The summed E-state index contributed by atoms with van der Waals surface area (Å²) in [5.74, 6) is 0.944. The summed E-state index contributed by atoms with van der Waals surface area (Å²) in [6.45, 7) is 6.35. The number of nitrogens with one attached hydrogen (secondary N) is 1. The molecule has 7 heteroatoms. The van der Waals surface area contributed by atoms with Crippen LogP contribution in [0.2, 0.25) is 5.02 Å². The second-order valence-corrected chi connectivity index (χ2v) is 9.10. The van der Waals surface area contributed by atoms with Crippen LogP contribution in [0.5, 0.6) is 0 Å². The molecule has 1 saturated heterocycles. The maximum Gasteiger partial charge on any atom is 0.174 e. The number of halogens is 1. The quantitative estimate of drug-likeness (QED) is 0.367. The van der Waals surface area contributed by atoms with Crippen molar-refractivity contribution in [1.29, 1.82) is 0 Å². The fourth-order valence-corrected chi connectivity index (χ4v) is 5.15. The number of aromatic nitrogens is 3. The lowest BCUT2D eigenvalue weighted by molar-refractivity contribution is 0.565. The maximum absolute atomic E-state index is 6.18. The number of rotatable bonds is 4. The van der Waals surface area contributed by atoms with Crippen molar-refractivity contribution in [1.82, 2.24) is 19.9 Å². The third kappa shape index (κ3) is 3.79. The summed E-state index contributed by atoms with van der Waals surface area (Å²) in [6, 6.07) is 19.9. The lowest BCUT2D eigenvalue weighted by atomic mass is 9.96. The van der Waals surface area contributed by atoms with Gasteiger partial charge in [0.05, 0.1) is 17.8 Å². The van der Waals surface area contributed by atoms with E-state index < -0.39 is 0 Å². The average molecular weight is 474 g/mol. The summed E-state index contributed by atoms with van der Waals surface area (Å²) >= 11 is 12.0. The molecule has 3 aromatic heterocycles. The first-order chi connectivity index (χ1) is 16.0. The molecular formula is C26H24ClN5S. The predicted molar refractivity (Wildman–Crippen MR) is 137 cm³/mol. The van der Waals surface area contributed by atoms with Gasteiger partial charge in [0.1, 0.15) is 5.82 Å². The van der Waals surface area contributed by atoms with Gasteiger partial charge in [-0.2, -0.15) is 0 Å². The van der Waals surface area contributed by atoms with Crippen LogP contribution in [0.1, 0.15) is 40.3 Å². The molecule has 0 bridgehead atoms. The van der Waals surface area contributed by atoms with Gasteiger partial charge >= 0.3 is 0 Å². The molecular weight excluding hydrogens is 450 g/mol. The van der Waals surface area contributed by atoms with Crippen LogP contribution < -0.4 is 10.2 Å². The Balaban J connectivity index is 1.69. The van der Waals surface area contributed by atoms with Crippen molar-refractivity contribution >= 4 is 34.6 Å². The Bertz CT molecular complexity index is 1320. The fourth-order valence-electron chi connectivity index (χ4n) is 4.68. The Morgan fingerprint density at radius 1 is 0.939 bits per heavy atom. The second-order valence-electron chi connectivity index (χ2n) is 8.28. The molecule has 0 spiro atoms. The van der Waals surface area contributed by atoms with Gasteiger partial charge < -0.3 is 14.8 Å². The zero-order chi connectivity index (χ0) is 23.1. The van der Waals surface area contributed by atoms with E-state index >= 15 is 0 Å². The number of anilines is 1. The minimum absolute atomic E-state index is 0.0856. The van der Waals surface area contributed by atoms with Crippen LogP contribution in [0.15, 0.2) is 73.1 Å². The number of pyridine rings is 2. The molecule has 0 aliphatic carbocycles. The third-order valence-corrected chi connectivity index (χ3v) is 6.75. The van der Waals surface area contributed by atoms with Crippen LogP contribution >= 0.6 is 23.8 Å². The van der Waals surface area contributed by atoms with Gasteiger partial charge in [0.15, 0.2) is 5.11 Å². The van der Waals surface area contributed by atoms with E-state index in [4.69, 9.17) is 23.8 Å². The molecule has 1 aromatic carbocycles. The zero-order valence-electron chi connectivity index (χ0n) is 18.7. The largest absolute Gasteiger partial charge is 0.351 e. The molecule has 0 unspecified atom stereocenters. The number of hydrogen-bond donors (Lipinski definition) is 1. The Kier molecular flexibility index (Phi) is 5.64. The highest BCUT2D eigenvalue weighted by atomic mass is 35.5. The van der Waals surface area contributed by atoms with E-state index in [9.17, 15) is 0 Å². The molecule has 1 N–H and O–H groups in total. The van der Waals surface area contributed by atoms with Gasteiger partial charge in [0, 0.05) is 34.5 Å².